The highest BCUT2D eigenvalue weighted by Gasteiger charge is 2.38. The minimum atomic E-state index is -4.34. The zero-order valence-corrected chi connectivity index (χ0v) is 10.7. The van der Waals surface area contributed by atoms with Crippen LogP contribution in [0.25, 0.3) is 0 Å². The molecule has 1 unspecified atom stereocenters. The van der Waals surface area contributed by atoms with E-state index < -0.39 is 18.2 Å². The summed E-state index contributed by atoms with van der Waals surface area (Å²) >= 11 is 0. The average molecular weight is 285 g/mol. The fourth-order valence-corrected chi connectivity index (χ4v) is 2.32. The standard InChI is InChI=1S/C14H14F3NO2/c15-14(16,17)10-19-7-5-13(9-18)6-8-20-12-4-2-1-3-11(12)13/h1-4H,5-8,10H2. The molecule has 0 saturated carbocycles. The second kappa shape index (κ2) is 5.71. The van der Waals surface area contributed by atoms with Crippen molar-refractivity contribution in [1.82, 2.24) is 0 Å². The van der Waals surface area contributed by atoms with E-state index in [1.165, 1.54) is 0 Å². The van der Waals surface area contributed by atoms with Gasteiger partial charge in [0.25, 0.3) is 0 Å². The molecule has 0 bridgehead atoms. The number of hydrogen-bond acceptors (Lipinski definition) is 3. The van der Waals surface area contributed by atoms with E-state index in [1.807, 2.05) is 0 Å². The van der Waals surface area contributed by atoms with Crippen molar-refractivity contribution in [2.24, 2.45) is 0 Å². The first-order valence-electron chi connectivity index (χ1n) is 6.25. The summed E-state index contributed by atoms with van der Waals surface area (Å²) in [6.45, 7) is -1.02. The predicted molar refractivity (Wildman–Crippen MR) is 65.3 cm³/mol. The number of para-hydroxylation sites is 1. The van der Waals surface area contributed by atoms with Crippen LogP contribution in [0, 0.1) is 11.3 Å². The Labute approximate surface area is 114 Å². The third kappa shape index (κ3) is 3.23. The zero-order valence-electron chi connectivity index (χ0n) is 10.7. The average Bonchev–Trinajstić information content (AvgIpc) is 2.43. The predicted octanol–water partition coefficient (Wildman–Crippen LogP) is 3.20. The van der Waals surface area contributed by atoms with E-state index >= 15 is 0 Å². The summed E-state index contributed by atoms with van der Waals surface area (Å²) in [5, 5.41) is 9.46. The van der Waals surface area contributed by atoms with E-state index in [2.05, 4.69) is 10.8 Å². The molecule has 1 aromatic carbocycles. The van der Waals surface area contributed by atoms with Gasteiger partial charge in [-0.2, -0.15) is 18.4 Å². The first-order valence-corrected chi connectivity index (χ1v) is 6.25. The van der Waals surface area contributed by atoms with Gasteiger partial charge in [0.2, 0.25) is 0 Å². The van der Waals surface area contributed by atoms with Gasteiger partial charge in [-0.25, -0.2) is 0 Å². The van der Waals surface area contributed by atoms with E-state index in [1.54, 1.807) is 24.3 Å². The van der Waals surface area contributed by atoms with Gasteiger partial charge in [0.05, 0.1) is 18.1 Å². The molecule has 0 amide bonds. The fraction of sp³-hybridized carbons (Fsp3) is 0.500. The first-order chi connectivity index (χ1) is 9.47. The van der Waals surface area contributed by atoms with Crippen LogP contribution in [0.3, 0.4) is 0 Å². The Bertz CT molecular complexity index is 510. The van der Waals surface area contributed by atoms with Gasteiger partial charge in [0.15, 0.2) is 0 Å². The Morgan fingerprint density at radius 2 is 2.10 bits per heavy atom. The summed E-state index contributed by atoms with van der Waals surface area (Å²) in [5.74, 6) is 0.621. The second-order valence-corrected chi connectivity index (χ2v) is 4.71. The molecule has 1 heterocycles. The molecule has 0 aromatic heterocycles. The Balaban J connectivity index is 2.06. The normalized spacial score (nSPS) is 21.7. The molecule has 2 rings (SSSR count). The van der Waals surface area contributed by atoms with Gasteiger partial charge in [-0.3, -0.25) is 0 Å². The molecule has 1 atom stereocenters. The van der Waals surface area contributed by atoms with E-state index in [9.17, 15) is 18.4 Å². The maximum atomic E-state index is 12.0. The highest BCUT2D eigenvalue weighted by atomic mass is 19.4. The molecule has 108 valence electrons. The lowest BCUT2D eigenvalue weighted by Gasteiger charge is -2.33. The van der Waals surface area contributed by atoms with E-state index in [-0.39, 0.29) is 13.0 Å². The van der Waals surface area contributed by atoms with Gasteiger partial charge in [0.1, 0.15) is 12.4 Å². The van der Waals surface area contributed by atoms with Crippen molar-refractivity contribution < 1.29 is 22.6 Å². The molecule has 0 N–H and O–H groups in total. The number of nitrogens with zero attached hydrogens (tertiary/aromatic N) is 1. The van der Waals surface area contributed by atoms with Crippen LogP contribution >= 0.6 is 0 Å². The molecular formula is C14H14F3NO2. The molecule has 6 heteroatoms. The fourth-order valence-electron chi connectivity index (χ4n) is 2.32. The number of nitriles is 1. The van der Waals surface area contributed by atoms with E-state index in [0.717, 1.165) is 5.56 Å². The van der Waals surface area contributed by atoms with Crippen LogP contribution < -0.4 is 4.74 Å². The summed E-state index contributed by atoms with van der Waals surface area (Å²) < 4.78 is 46.2. The maximum absolute atomic E-state index is 12.0. The lowest BCUT2D eigenvalue weighted by atomic mass is 9.75. The largest absolute Gasteiger partial charge is 0.493 e. The zero-order chi connectivity index (χ0) is 14.6. The Kier molecular flexibility index (Phi) is 4.19. The molecule has 0 fully saturated rings. The van der Waals surface area contributed by atoms with Crippen molar-refractivity contribution in [3.63, 3.8) is 0 Å². The second-order valence-electron chi connectivity index (χ2n) is 4.71. The number of alkyl halides is 3. The number of fused-ring (bicyclic) bond motifs is 1. The lowest BCUT2D eigenvalue weighted by molar-refractivity contribution is -0.174. The third-order valence-corrected chi connectivity index (χ3v) is 3.34. The van der Waals surface area contributed by atoms with Crippen LogP contribution in [-0.2, 0) is 10.2 Å². The summed E-state index contributed by atoms with van der Waals surface area (Å²) in [6.07, 6.45) is -3.66. The third-order valence-electron chi connectivity index (χ3n) is 3.34. The molecule has 1 aliphatic heterocycles. The Morgan fingerprint density at radius 1 is 1.35 bits per heavy atom. The van der Waals surface area contributed by atoms with Crippen molar-refractivity contribution >= 4 is 0 Å². The van der Waals surface area contributed by atoms with E-state index in [0.29, 0.717) is 18.8 Å². The molecular weight excluding hydrogens is 271 g/mol. The quantitative estimate of drug-likeness (QED) is 0.798. The van der Waals surface area contributed by atoms with Gasteiger partial charge in [-0.15, -0.1) is 0 Å². The van der Waals surface area contributed by atoms with Crippen LogP contribution in [-0.4, -0.2) is 26.0 Å². The maximum Gasteiger partial charge on any atom is 0.411 e. The van der Waals surface area contributed by atoms with Crippen LogP contribution in [0.15, 0.2) is 24.3 Å². The Hall–Kier alpha value is -1.74. The van der Waals surface area contributed by atoms with Crippen molar-refractivity contribution in [3.05, 3.63) is 29.8 Å². The van der Waals surface area contributed by atoms with Crippen molar-refractivity contribution in [2.75, 3.05) is 19.8 Å². The van der Waals surface area contributed by atoms with Crippen LogP contribution in [0.5, 0.6) is 5.75 Å². The number of ether oxygens (including phenoxy) is 2. The molecule has 1 aromatic rings. The first kappa shape index (κ1) is 14.7. The molecule has 0 radical (unpaired) electrons. The molecule has 0 spiro atoms. The molecule has 0 saturated heterocycles. The summed E-state index contributed by atoms with van der Waals surface area (Å²) in [6, 6.07) is 9.36. The summed E-state index contributed by atoms with van der Waals surface area (Å²) in [5.41, 5.74) is -0.107. The number of benzene rings is 1. The van der Waals surface area contributed by atoms with Crippen LogP contribution in [0.2, 0.25) is 0 Å². The monoisotopic (exact) mass is 285 g/mol. The number of rotatable bonds is 4. The van der Waals surface area contributed by atoms with Gasteiger partial charge < -0.3 is 9.47 Å². The lowest BCUT2D eigenvalue weighted by Crippen LogP contribution is -2.33. The topological polar surface area (TPSA) is 42.2 Å². The Morgan fingerprint density at radius 3 is 2.80 bits per heavy atom. The van der Waals surface area contributed by atoms with Gasteiger partial charge in [0, 0.05) is 18.6 Å². The molecule has 1 aliphatic rings. The molecule has 20 heavy (non-hydrogen) atoms. The van der Waals surface area contributed by atoms with Crippen molar-refractivity contribution in [3.8, 4) is 11.8 Å². The van der Waals surface area contributed by atoms with Gasteiger partial charge >= 0.3 is 6.18 Å². The van der Waals surface area contributed by atoms with Crippen LogP contribution in [0.1, 0.15) is 18.4 Å². The van der Waals surface area contributed by atoms with Crippen molar-refractivity contribution in [1.29, 1.82) is 5.26 Å². The molecule has 0 aliphatic carbocycles. The van der Waals surface area contributed by atoms with Crippen molar-refractivity contribution in [2.45, 2.75) is 24.4 Å². The highest BCUT2D eigenvalue weighted by Crippen LogP contribution is 2.40. The minimum absolute atomic E-state index is 0.110. The SMILES string of the molecule is N#CC1(CCOCC(F)(F)F)CCOc2ccccc21. The minimum Gasteiger partial charge on any atom is -0.493 e. The highest BCUT2D eigenvalue weighted by molar-refractivity contribution is 5.45. The summed E-state index contributed by atoms with van der Waals surface area (Å²) in [4.78, 5) is 0. The number of hydrogen-bond donors (Lipinski definition) is 0. The van der Waals surface area contributed by atoms with Gasteiger partial charge in [-0.05, 0) is 12.5 Å². The van der Waals surface area contributed by atoms with Crippen LogP contribution in [0.4, 0.5) is 13.2 Å². The van der Waals surface area contributed by atoms with Gasteiger partial charge in [-0.1, -0.05) is 18.2 Å². The smallest absolute Gasteiger partial charge is 0.411 e. The summed E-state index contributed by atoms with van der Waals surface area (Å²) in [7, 11) is 0. The number of halogens is 3. The van der Waals surface area contributed by atoms with E-state index in [4.69, 9.17) is 4.74 Å². The molecule has 3 nitrogen and oxygen atoms in total.